The topological polar surface area (TPSA) is 142 Å². The monoisotopic (exact) mass is 626 g/mol. The number of hydrogen-bond donors (Lipinski definition) is 1. The third-order valence-corrected chi connectivity index (χ3v) is 5.04. The van der Waals surface area contributed by atoms with E-state index in [1.807, 2.05) is 0 Å². The fourth-order valence-corrected chi connectivity index (χ4v) is 3.23. The Morgan fingerprint density at radius 1 is 0.850 bits per heavy atom. The van der Waals surface area contributed by atoms with E-state index in [9.17, 15) is 28.7 Å². The first-order valence-corrected chi connectivity index (χ1v) is 14.6. The number of carbonyl (C=O) groups excluding carboxylic acids is 3. The molecule has 9 nitrogen and oxygen atoms in total. The van der Waals surface area contributed by atoms with Crippen LogP contribution in [0.4, 0.5) is 0 Å². The van der Waals surface area contributed by atoms with Crippen LogP contribution in [0.1, 0.15) is 105 Å². The maximum Gasteiger partial charge on any atom is 1.00 e. The average Bonchev–Trinajstić information content (AvgIpc) is 2.83. The number of unbranched alkanes of at least 4 members (excludes halogenated alkanes) is 10. The van der Waals surface area contributed by atoms with E-state index in [0.29, 0.717) is 6.42 Å². The normalized spacial score (nSPS) is 10.1. The minimum absolute atomic E-state index is 0. The van der Waals surface area contributed by atoms with E-state index in [2.05, 4.69) is 59.6 Å². The first kappa shape index (κ1) is 46.7. The third kappa shape index (κ3) is 42.2. The van der Waals surface area contributed by atoms with E-state index in [1.54, 1.807) is 6.92 Å². The predicted octanol–water partition coefficient (Wildman–Crippen LogP) is -1.28. The molecule has 0 saturated carbocycles. The van der Waals surface area contributed by atoms with Crippen molar-refractivity contribution >= 4 is 37.5 Å². The summed E-state index contributed by atoms with van der Waals surface area (Å²) in [6.45, 7) is 3.93. The fraction of sp³-hybridized carbons (Fsp3) is 0.667. The smallest absolute Gasteiger partial charge is 0.790 e. The van der Waals surface area contributed by atoms with Crippen LogP contribution < -0.4 is 68.9 Å². The largest absolute Gasteiger partial charge is 1.00 e. The van der Waals surface area contributed by atoms with Crippen LogP contribution in [-0.4, -0.2) is 36.4 Å². The van der Waals surface area contributed by atoms with Gasteiger partial charge in [0.25, 0.3) is 0 Å². The Balaban J connectivity index is -0.000000158. The van der Waals surface area contributed by atoms with E-state index in [0.717, 1.165) is 19.3 Å². The van der Waals surface area contributed by atoms with Crippen molar-refractivity contribution in [3.8, 4) is 35.5 Å². The van der Waals surface area contributed by atoms with Crippen LogP contribution in [-0.2, 0) is 32.9 Å². The molecule has 0 aromatic carbocycles. The van der Waals surface area contributed by atoms with Gasteiger partial charge in [0.05, 0.1) is 14.4 Å². The maximum absolute atomic E-state index is 12.1. The molecule has 0 aliphatic rings. The minimum atomic E-state index is -5.28. The van der Waals surface area contributed by atoms with Crippen molar-refractivity contribution in [2.24, 2.45) is 0 Å². The molecule has 40 heavy (non-hydrogen) atoms. The van der Waals surface area contributed by atoms with Crippen LogP contribution in [0.25, 0.3) is 0 Å². The first-order valence-electron chi connectivity index (χ1n) is 12.7. The van der Waals surface area contributed by atoms with Gasteiger partial charge in [0, 0.05) is 26.4 Å². The van der Waals surface area contributed by atoms with Crippen molar-refractivity contribution < 1.29 is 109 Å². The molecular formula is C27H49Na2O9PS. The Morgan fingerprint density at radius 2 is 1.32 bits per heavy atom. The molecule has 0 saturated heterocycles. The van der Waals surface area contributed by atoms with Gasteiger partial charge in [-0.15, -0.1) is 12.6 Å². The Kier molecular flexibility index (Phi) is 38.8. The summed E-state index contributed by atoms with van der Waals surface area (Å²) in [4.78, 5) is 54.4. The van der Waals surface area contributed by atoms with Gasteiger partial charge in [-0.2, -0.15) is 0 Å². The molecular weight excluding hydrogens is 577 g/mol. The molecule has 1 atom stereocenters. The Hall–Kier alpha value is -0.250. The summed E-state index contributed by atoms with van der Waals surface area (Å²) in [6, 6.07) is 0. The average molecular weight is 627 g/mol. The zero-order chi connectivity index (χ0) is 29.1. The first-order chi connectivity index (χ1) is 18.0. The molecule has 13 heteroatoms. The van der Waals surface area contributed by atoms with Gasteiger partial charge in [-0.1, -0.05) is 77.1 Å². The number of carbonyl (C=O) groups is 3. The van der Waals surface area contributed by atoms with Crippen LogP contribution in [0.15, 0.2) is 0 Å². The molecule has 0 N–H and O–H groups in total. The van der Waals surface area contributed by atoms with Gasteiger partial charge in [-0.3, -0.25) is 9.59 Å². The molecule has 0 aliphatic heterocycles. The second-order valence-corrected chi connectivity index (χ2v) is 9.92. The number of thiol groups is 1. The van der Waals surface area contributed by atoms with Gasteiger partial charge in [0.2, 0.25) is 0 Å². The molecule has 0 aromatic rings. The number of rotatable bonds is 18. The van der Waals surface area contributed by atoms with Crippen molar-refractivity contribution in [1.82, 2.24) is 0 Å². The molecule has 224 valence electrons. The summed E-state index contributed by atoms with van der Waals surface area (Å²) < 4.78 is 24.8. The Morgan fingerprint density at radius 3 is 1.80 bits per heavy atom. The predicted molar refractivity (Wildman–Crippen MR) is 155 cm³/mol. The number of ether oxygens (including phenoxy) is 2. The summed E-state index contributed by atoms with van der Waals surface area (Å²) in [5.74, 6) is 12.4. The van der Waals surface area contributed by atoms with Crippen molar-refractivity contribution in [2.75, 3.05) is 13.2 Å². The molecule has 0 fully saturated rings. The van der Waals surface area contributed by atoms with Crippen molar-refractivity contribution in [3.05, 3.63) is 0 Å². The third-order valence-electron chi connectivity index (χ3n) is 4.58. The van der Waals surface area contributed by atoms with Crippen LogP contribution >= 0.6 is 20.5 Å². The molecule has 0 bridgehead atoms. The molecule has 0 spiro atoms. The standard InChI is InChI=1S/C25H37O8P.C2H4OS.2Na.5H2/c1-3-5-7-9-10-11-12-13-14-16-18-20-25(27)33-23(22-32-34(28,29)30)21-31-24(26)19-17-15-8-6-4-2;1-2(3)4;;;;;;;/h23H,3,5,7,9-14,16,18,20-22H2,1-2H3,(H2,28,29,30);1H3,(H,3,4);;;5*1H/q;;2*+1;;;;;/p-2/t23-;;;;;;;;/m1......../s1. The fourth-order valence-electron chi connectivity index (χ4n) is 2.88. The summed E-state index contributed by atoms with van der Waals surface area (Å²) in [5.41, 5.74) is 0. The van der Waals surface area contributed by atoms with Gasteiger partial charge in [0.15, 0.2) is 11.2 Å². The summed E-state index contributed by atoms with van der Waals surface area (Å²) >= 11 is 3.33. The minimum Gasteiger partial charge on any atom is -0.790 e. The second-order valence-electron chi connectivity index (χ2n) is 8.13. The molecule has 0 amide bonds. The van der Waals surface area contributed by atoms with E-state index in [1.165, 1.54) is 51.9 Å². The van der Waals surface area contributed by atoms with E-state index >= 15 is 0 Å². The van der Waals surface area contributed by atoms with E-state index in [4.69, 9.17) is 9.47 Å². The number of phosphoric ester groups is 1. The Labute approximate surface area is 297 Å². The zero-order valence-corrected chi connectivity index (χ0v) is 30.3. The molecule has 0 aliphatic carbocycles. The summed E-state index contributed by atoms with van der Waals surface area (Å²) in [6.07, 6.45) is 11.4. The zero-order valence-electron chi connectivity index (χ0n) is 24.5. The molecule has 0 radical (unpaired) electrons. The number of hydrogen-bond acceptors (Lipinski definition) is 9. The van der Waals surface area contributed by atoms with Crippen molar-refractivity contribution in [2.45, 2.75) is 104 Å². The second kappa shape index (κ2) is 33.3. The van der Waals surface area contributed by atoms with Crippen LogP contribution in [0.3, 0.4) is 0 Å². The molecule has 0 heterocycles. The summed E-state index contributed by atoms with van der Waals surface area (Å²) in [5, 5.41) is -0.139. The van der Waals surface area contributed by atoms with Gasteiger partial charge in [-0.25, -0.2) is 4.79 Å². The molecule has 0 aromatic heterocycles. The molecule has 0 rings (SSSR count). The maximum atomic E-state index is 12.1. The van der Waals surface area contributed by atoms with Gasteiger partial charge >= 0.3 is 71.1 Å². The van der Waals surface area contributed by atoms with Gasteiger partial charge < -0.3 is 28.3 Å². The van der Waals surface area contributed by atoms with Gasteiger partial charge in [-0.05, 0) is 37.0 Å². The van der Waals surface area contributed by atoms with E-state index in [-0.39, 0.29) is 77.8 Å². The Bertz CT molecular complexity index is 940. The van der Waals surface area contributed by atoms with Crippen LogP contribution in [0.5, 0.6) is 0 Å². The number of esters is 2. The van der Waals surface area contributed by atoms with Crippen LogP contribution in [0.2, 0.25) is 0 Å². The van der Waals surface area contributed by atoms with E-state index < -0.39 is 39.1 Å². The summed E-state index contributed by atoms with van der Waals surface area (Å²) in [7, 11) is -5.28. The SMILES string of the molecule is CC#CC#CC#CC(=O)OC[C@H](COP(=O)([O-])[O-])OC(=O)CCCCCCCCCCCCC.CC(=O)S.[HH].[HH].[HH].[HH].[HH].[Na+].[Na+]. The quantitative estimate of drug-likeness (QED) is 0.0375. The van der Waals surface area contributed by atoms with Gasteiger partial charge in [0.1, 0.15) is 6.61 Å². The van der Waals surface area contributed by atoms with Crippen molar-refractivity contribution in [3.63, 3.8) is 0 Å². The molecule has 0 unspecified atom stereocenters. The van der Waals surface area contributed by atoms with Crippen LogP contribution in [0, 0.1) is 35.5 Å². The van der Waals surface area contributed by atoms with Crippen molar-refractivity contribution in [1.29, 1.82) is 0 Å². The number of phosphoric acid groups is 1.